The van der Waals surface area contributed by atoms with E-state index in [0.717, 1.165) is 0 Å². The van der Waals surface area contributed by atoms with Crippen LogP contribution in [0.25, 0.3) is 0 Å². The van der Waals surface area contributed by atoms with Gasteiger partial charge in [0.15, 0.2) is 0 Å². The average molecular weight is 352 g/mol. The molecule has 102 valence electrons. The number of aromatic nitrogens is 1. The normalized spacial score (nSPS) is 10.8. The monoisotopic (exact) mass is 351 g/mol. The minimum absolute atomic E-state index is 0.109. The topological polar surface area (TPSA) is 82.8 Å². The van der Waals surface area contributed by atoms with Crippen molar-refractivity contribution >= 4 is 31.6 Å². The third kappa shape index (κ3) is 2.98. The molecule has 0 bridgehead atoms. The van der Waals surface area contributed by atoms with Gasteiger partial charge in [-0.15, -0.1) is 0 Å². The number of benzene rings is 1. The Labute approximate surface area is 125 Å². The third-order valence-electron chi connectivity index (χ3n) is 2.65. The molecule has 0 radical (unpaired) electrons. The molecule has 0 aliphatic carbocycles. The highest BCUT2D eigenvalue weighted by molar-refractivity contribution is 9.10. The van der Waals surface area contributed by atoms with Gasteiger partial charge in [-0.2, -0.15) is 5.26 Å². The molecule has 0 aliphatic heterocycles. The van der Waals surface area contributed by atoms with E-state index in [-0.39, 0.29) is 4.90 Å². The second-order valence-electron chi connectivity index (χ2n) is 4.05. The van der Waals surface area contributed by atoms with E-state index in [1.165, 1.54) is 30.6 Å². The van der Waals surface area contributed by atoms with Crippen molar-refractivity contribution in [2.75, 3.05) is 4.72 Å². The molecule has 1 aromatic heterocycles. The van der Waals surface area contributed by atoms with Crippen molar-refractivity contribution in [3.05, 3.63) is 52.3 Å². The Kier molecular flexibility index (Phi) is 4.06. The number of anilines is 1. The zero-order valence-electron chi connectivity index (χ0n) is 10.5. The van der Waals surface area contributed by atoms with Crippen molar-refractivity contribution in [3.8, 4) is 6.07 Å². The number of nitrogens with one attached hydrogen (secondary N) is 1. The highest BCUT2D eigenvalue weighted by atomic mass is 79.9. The average Bonchev–Trinajstić information content (AvgIpc) is 2.41. The van der Waals surface area contributed by atoms with Crippen LogP contribution in [-0.4, -0.2) is 13.4 Å². The van der Waals surface area contributed by atoms with Crippen LogP contribution >= 0.6 is 15.9 Å². The predicted octanol–water partition coefficient (Wildman–Crippen LogP) is 2.83. The van der Waals surface area contributed by atoms with Crippen molar-refractivity contribution in [2.24, 2.45) is 0 Å². The van der Waals surface area contributed by atoms with Crippen LogP contribution in [0.1, 0.15) is 11.1 Å². The van der Waals surface area contributed by atoms with Gasteiger partial charge in [0.25, 0.3) is 10.0 Å². The number of nitrogens with zero attached hydrogens (tertiary/aromatic N) is 2. The molecule has 0 saturated carbocycles. The fraction of sp³-hybridized carbons (Fsp3) is 0.0769. The number of pyridine rings is 1. The summed E-state index contributed by atoms with van der Waals surface area (Å²) in [5.41, 5.74) is 1.47. The molecule has 5 nitrogen and oxygen atoms in total. The Morgan fingerprint density at radius 1 is 1.35 bits per heavy atom. The molecule has 20 heavy (non-hydrogen) atoms. The first kappa shape index (κ1) is 14.5. The largest absolute Gasteiger partial charge is 0.278 e. The molecule has 0 spiro atoms. The number of sulfonamides is 1. The summed E-state index contributed by atoms with van der Waals surface area (Å²) in [5, 5.41) is 8.86. The fourth-order valence-electron chi connectivity index (χ4n) is 1.59. The summed E-state index contributed by atoms with van der Waals surface area (Å²) >= 11 is 3.23. The highest BCUT2D eigenvalue weighted by Crippen LogP contribution is 2.24. The molecule has 1 aromatic carbocycles. The molecule has 0 aliphatic rings. The quantitative estimate of drug-likeness (QED) is 0.921. The van der Waals surface area contributed by atoms with Crippen LogP contribution in [0.4, 0.5) is 5.69 Å². The van der Waals surface area contributed by atoms with E-state index >= 15 is 0 Å². The summed E-state index contributed by atoms with van der Waals surface area (Å²) in [7, 11) is -3.70. The Hall–Kier alpha value is -1.91. The lowest BCUT2D eigenvalue weighted by atomic mass is 10.1. The van der Waals surface area contributed by atoms with E-state index in [4.69, 9.17) is 5.26 Å². The first-order valence-electron chi connectivity index (χ1n) is 5.57. The Morgan fingerprint density at radius 2 is 2.10 bits per heavy atom. The van der Waals surface area contributed by atoms with Crippen LogP contribution in [0.15, 0.2) is 46.0 Å². The maximum atomic E-state index is 12.3. The summed E-state index contributed by atoms with van der Waals surface area (Å²) < 4.78 is 27.6. The lowest BCUT2D eigenvalue weighted by Crippen LogP contribution is -2.13. The van der Waals surface area contributed by atoms with Gasteiger partial charge in [0.05, 0.1) is 26.7 Å². The summed E-state index contributed by atoms with van der Waals surface area (Å²) in [6.07, 6.45) is 2.99. The smallest absolute Gasteiger partial charge is 0.261 e. The molecule has 0 saturated heterocycles. The van der Waals surface area contributed by atoms with Gasteiger partial charge in [-0.05, 0) is 52.7 Å². The number of hydrogen-bond donors (Lipinski definition) is 1. The first-order valence-corrected chi connectivity index (χ1v) is 7.85. The van der Waals surface area contributed by atoms with Gasteiger partial charge < -0.3 is 0 Å². The van der Waals surface area contributed by atoms with Gasteiger partial charge in [-0.1, -0.05) is 0 Å². The zero-order chi connectivity index (χ0) is 14.8. The second-order valence-corrected chi connectivity index (χ2v) is 6.59. The van der Waals surface area contributed by atoms with Crippen molar-refractivity contribution in [3.63, 3.8) is 0 Å². The number of aryl methyl sites for hydroxylation is 1. The van der Waals surface area contributed by atoms with Crippen molar-refractivity contribution in [2.45, 2.75) is 11.8 Å². The van der Waals surface area contributed by atoms with Crippen LogP contribution < -0.4 is 4.72 Å². The lowest BCUT2D eigenvalue weighted by molar-refractivity contribution is 0.601. The molecule has 7 heteroatoms. The number of rotatable bonds is 3. The lowest BCUT2D eigenvalue weighted by Gasteiger charge is -2.10. The molecule has 1 heterocycles. The van der Waals surface area contributed by atoms with Gasteiger partial charge in [0, 0.05) is 12.4 Å². The Bertz CT molecular complexity index is 798. The molecule has 2 aromatic rings. The second kappa shape index (κ2) is 5.61. The summed E-state index contributed by atoms with van der Waals surface area (Å²) in [5.74, 6) is 0. The first-order chi connectivity index (χ1) is 9.44. The van der Waals surface area contributed by atoms with Gasteiger partial charge >= 0.3 is 0 Å². The zero-order valence-corrected chi connectivity index (χ0v) is 12.9. The van der Waals surface area contributed by atoms with Crippen molar-refractivity contribution in [1.82, 2.24) is 4.98 Å². The molecular formula is C13H10BrN3O2S. The molecule has 0 atom stereocenters. The minimum Gasteiger partial charge on any atom is -0.278 e. The van der Waals surface area contributed by atoms with Crippen LogP contribution in [-0.2, 0) is 10.0 Å². The number of hydrogen-bond acceptors (Lipinski definition) is 4. The van der Waals surface area contributed by atoms with Crippen LogP contribution in [0, 0.1) is 18.3 Å². The van der Waals surface area contributed by atoms with E-state index < -0.39 is 10.0 Å². The van der Waals surface area contributed by atoms with E-state index in [1.54, 1.807) is 13.0 Å². The van der Waals surface area contributed by atoms with E-state index in [1.807, 2.05) is 6.07 Å². The molecular weight excluding hydrogens is 342 g/mol. The van der Waals surface area contributed by atoms with Gasteiger partial charge in [-0.25, -0.2) is 8.42 Å². The van der Waals surface area contributed by atoms with Gasteiger partial charge in [-0.3, -0.25) is 9.71 Å². The third-order valence-corrected chi connectivity index (χ3v) is 4.64. The molecule has 0 amide bonds. The maximum Gasteiger partial charge on any atom is 0.261 e. The van der Waals surface area contributed by atoms with E-state index in [0.29, 0.717) is 21.3 Å². The number of nitriles is 1. The number of halogens is 1. The SMILES string of the molecule is Cc1cc(S(=O)(=O)Nc2ccncc2Br)ccc1C#N. The van der Waals surface area contributed by atoms with E-state index in [9.17, 15) is 8.42 Å². The van der Waals surface area contributed by atoms with Crippen LogP contribution in [0.3, 0.4) is 0 Å². The van der Waals surface area contributed by atoms with E-state index in [2.05, 4.69) is 25.6 Å². The summed E-state index contributed by atoms with van der Waals surface area (Å²) in [4.78, 5) is 3.98. The van der Waals surface area contributed by atoms with Crippen LogP contribution in [0.2, 0.25) is 0 Å². The summed E-state index contributed by atoms with van der Waals surface area (Å²) in [6.45, 7) is 1.69. The van der Waals surface area contributed by atoms with Gasteiger partial charge in [0.2, 0.25) is 0 Å². The molecule has 2 rings (SSSR count). The van der Waals surface area contributed by atoms with Crippen molar-refractivity contribution in [1.29, 1.82) is 5.26 Å². The highest BCUT2D eigenvalue weighted by Gasteiger charge is 2.16. The Balaban J connectivity index is 2.39. The predicted molar refractivity (Wildman–Crippen MR) is 78.6 cm³/mol. The fourth-order valence-corrected chi connectivity index (χ4v) is 3.24. The Morgan fingerprint density at radius 3 is 2.70 bits per heavy atom. The molecule has 0 fully saturated rings. The summed E-state index contributed by atoms with van der Waals surface area (Å²) in [6, 6.07) is 7.92. The van der Waals surface area contributed by atoms with Gasteiger partial charge in [0.1, 0.15) is 0 Å². The standard InChI is InChI=1S/C13H10BrN3O2S/c1-9-6-11(3-2-10(9)7-15)20(18,19)17-13-4-5-16-8-12(13)14/h2-6,8H,1H3,(H,16,17). The molecule has 1 N–H and O–H groups in total. The van der Waals surface area contributed by atoms with Crippen LogP contribution in [0.5, 0.6) is 0 Å². The molecule has 0 unspecified atom stereocenters. The maximum absolute atomic E-state index is 12.3. The minimum atomic E-state index is -3.70. The van der Waals surface area contributed by atoms with Crippen molar-refractivity contribution < 1.29 is 8.42 Å².